The summed E-state index contributed by atoms with van der Waals surface area (Å²) < 4.78 is 43.7. The van der Waals surface area contributed by atoms with Gasteiger partial charge in [0.25, 0.3) is 5.89 Å². The zero-order valence-corrected chi connectivity index (χ0v) is 22.1. The largest absolute Gasteiger partial charge is 0.497 e. The first-order chi connectivity index (χ1) is 19.5. The molecule has 0 radical (unpaired) electrons. The Balaban J connectivity index is 1.14. The number of hydrogen-bond donors (Lipinski definition) is 0. The molecule has 0 bridgehead atoms. The predicted molar refractivity (Wildman–Crippen MR) is 147 cm³/mol. The van der Waals surface area contributed by atoms with Gasteiger partial charge in [-0.05, 0) is 47.5 Å². The molecule has 3 aromatic carbocycles. The van der Waals surface area contributed by atoms with Crippen molar-refractivity contribution in [3.05, 3.63) is 84.3 Å². The van der Waals surface area contributed by atoms with Crippen LogP contribution in [0.4, 0.5) is 14.5 Å². The van der Waals surface area contributed by atoms with Crippen LogP contribution in [0.15, 0.2) is 71.4 Å². The van der Waals surface area contributed by atoms with Crippen molar-refractivity contribution in [1.29, 1.82) is 0 Å². The molecule has 0 amide bonds. The molecule has 8 nitrogen and oxygen atoms in total. The Morgan fingerprint density at radius 2 is 1.52 bits per heavy atom. The normalized spacial score (nSPS) is 14.1. The number of pyridine rings is 1. The maximum Gasteiger partial charge on any atom is 0.258 e. The van der Waals surface area contributed by atoms with Gasteiger partial charge in [0.1, 0.15) is 23.1 Å². The summed E-state index contributed by atoms with van der Waals surface area (Å²) >= 11 is 0. The average Bonchev–Trinajstić information content (AvgIpc) is 3.44. The second kappa shape index (κ2) is 10.9. The van der Waals surface area contributed by atoms with Gasteiger partial charge < -0.3 is 18.9 Å². The molecular weight excluding hydrogens is 516 g/mol. The SMILES string of the molecule is COc1cc(OC)cc(-c2nc(CN3CCN(c4ccnc5cc(-c6cc(F)cc(F)c6)ccc45)CC3)no2)c1. The van der Waals surface area contributed by atoms with E-state index in [1.54, 1.807) is 26.5 Å². The van der Waals surface area contributed by atoms with Crippen molar-refractivity contribution >= 4 is 16.6 Å². The van der Waals surface area contributed by atoms with Crippen molar-refractivity contribution in [3.8, 4) is 34.1 Å². The fraction of sp³-hybridized carbons (Fsp3) is 0.233. The number of hydrogen-bond acceptors (Lipinski definition) is 8. The zero-order valence-electron chi connectivity index (χ0n) is 22.1. The van der Waals surface area contributed by atoms with Gasteiger partial charge in [0, 0.05) is 61.1 Å². The highest BCUT2D eigenvalue weighted by Gasteiger charge is 2.21. The molecule has 2 aromatic heterocycles. The first kappa shape index (κ1) is 25.7. The number of rotatable bonds is 7. The minimum absolute atomic E-state index is 0.412. The van der Waals surface area contributed by atoms with Crippen LogP contribution in [0.25, 0.3) is 33.5 Å². The van der Waals surface area contributed by atoms with Crippen LogP contribution < -0.4 is 14.4 Å². The first-order valence-corrected chi connectivity index (χ1v) is 12.9. The third kappa shape index (κ3) is 5.30. The Kier molecular flexibility index (Phi) is 7.00. The van der Waals surface area contributed by atoms with Crippen LogP contribution in [0.2, 0.25) is 0 Å². The van der Waals surface area contributed by atoms with E-state index in [0.717, 1.165) is 54.4 Å². The van der Waals surface area contributed by atoms with Gasteiger partial charge >= 0.3 is 0 Å². The second-order valence-corrected chi connectivity index (χ2v) is 9.60. The molecule has 1 aliphatic heterocycles. The van der Waals surface area contributed by atoms with Crippen molar-refractivity contribution in [2.24, 2.45) is 0 Å². The van der Waals surface area contributed by atoms with E-state index in [1.165, 1.54) is 12.1 Å². The van der Waals surface area contributed by atoms with Crippen molar-refractivity contribution in [2.45, 2.75) is 6.54 Å². The Bertz CT molecular complexity index is 1620. The lowest BCUT2D eigenvalue weighted by Crippen LogP contribution is -2.46. The molecular formula is C30H27F2N5O3. The van der Waals surface area contributed by atoms with Gasteiger partial charge in [0.15, 0.2) is 5.82 Å². The van der Waals surface area contributed by atoms with Crippen molar-refractivity contribution in [1.82, 2.24) is 20.0 Å². The third-order valence-corrected chi connectivity index (χ3v) is 7.06. The van der Waals surface area contributed by atoms with Crippen molar-refractivity contribution in [2.75, 3.05) is 45.3 Å². The summed E-state index contributed by atoms with van der Waals surface area (Å²) in [5, 5.41) is 5.18. The predicted octanol–water partition coefficient (Wildman–Crippen LogP) is 5.57. The van der Waals surface area contributed by atoms with Gasteiger partial charge in [-0.25, -0.2) is 8.78 Å². The number of piperazine rings is 1. The van der Waals surface area contributed by atoms with Crippen LogP contribution in [0, 0.1) is 11.6 Å². The molecule has 0 atom stereocenters. The maximum atomic E-state index is 13.8. The van der Waals surface area contributed by atoms with Crippen LogP contribution in [-0.2, 0) is 6.54 Å². The number of nitrogens with zero attached hydrogens (tertiary/aromatic N) is 5. The smallest absolute Gasteiger partial charge is 0.258 e. The number of fused-ring (bicyclic) bond motifs is 1. The molecule has 6 rings (SSSR count). The Morgan fingerprint density at radius 1 is 0.800 bits per heavy atom. The van der Waals surface area contributed by atoms with Crippen LogP contribution >= 0.6 is 0 Å². The van der Waals surface area contributed by atoms with E-state index >= 15 is 0 Å². The molecule has 40 heavy (non-hydrogen) atoms. The van der Waals surface area contributed by atoms with Gasteiger partial charge in [-0.15, -0.1) is 0 Å². The van der Waals surface area contributed by atoms with Crippen molar-refractivity contribution in [3.63, 3.8) is 0 Å². The fourth-order valence-corrected chi connectivity index (χ4v) is 5.02. The van der Waals surface area contributed by atoms with Gasteiger partial charge in [0.2, 0.25) is 0 Å². The van der Waals surface area contributed by atoms with E-state index in [-0.39, 0.29) is 0 Å². The van der Waals surface area contributed by atoms with Crippen LogP contribution in [-0.4, -0.2) is 60.4 Å². The minimum Gasteiger partial charge on any atom is -0.497 e. The molecule has 1 fully saturated rings. The first-order valence-electron chi connectivity index (χ1n) is 12.9. The standard InChI is InChI=1S/C30H27F2N5O3/c1-38-24-13-21(14-25(17-24)39-2)30-34-29(35-40-30)18-36-7-9-37(10-8-36)28-5-6-33-27-15-19(3-4-26(27)28)20-11-22(31)16-23(32)12-20/h3-6,11-17H,7-10,18H2,1-2H3. The summed E-state index contributed by atoms with van der Waals surface area (Å²) in [5.41, 5.74) is 3.78. The average molecular weight is 544 g/mol. The molecule has 1 aliphatic rings. The van der Waals surface area contributed by atoms with E-state index in [4.69, 9.17) is 14.0 Å². The number of benzene rings is 3. The molecule has 0 saturated carbocycles. The number of anilines is 1. The lowest BCUT2D eigenvalue weighted by Gasteiger charge is -2.36. The van der Waals surface area contributed by atoms with Crippen LogP contribution in [0.1, 0.15) is 5.82 Å². The monoisotopic (exact) mass is 543 g/mol. The fourth-order valence-electron chi connectivity index (χ4n) is 5.02. The van der Waals surface area contributed by atoms with Crippen molar-refractivity contribution < 1.29 is 22.8 Å². The van der Waals surface area contributed by atoms with Crippen LogP contribution in [0.3, 0.4) is 0 Å². The Morgan fingerprint density at radius 3 is 2.23 bits per heavy atom. The summed E-state index contributed by atoms with van der Waals surface area (Å²) in [6.07, 6.45) is 1.77. The van der Waals surface area contributed by atoms with E-state index in [2.05, 4.69) is 24.9 Å². The number of aromatic nitrogens is 3. The highest BCUT2D eigenvalue weighted by atomic mass is 19.1. The summed E-state index contributed by atoms with van der Waals surface area (Å²) in [7, 11) is 3.19. The topological polar surface area (TPSA) is 76.8 Å². The Labute approximate surface area is 229 Å². The van der Waals surface area contributed by atoms with Gasteiger partial charge in [-0.2, -0.15) is 4.98 Å². The van der Waals surface area contributed by atoms with Gasteiger partial charge in [0.05, 0.1) is 26.3 Å². The van der Waals surface area contributed by atoms with E-state index in [1.807, 2.05) is 36.4 Å². The van der Waals surface area contributed by atoms with Gasteiger partial charge in [-0.3, -0.25) is 9.88 Å². The Hall–Kier alpha value is -4.57. The van der Waals surface area contributed by atoms with E-state index in [0.29, 0.717) is 40.9 Å². The molecule has 1 saturated heterocycles. The second-order valence-electron chi connectivity index (χ2n) is 9.60. The summed E-state index contributed by atoms with van der Waals surface area (Å²) in [6.45, 7) is 3.84. The third-order valence-electron chi connectivity index (χ3n) is 7.06. The molecule has 5 aromatic rings. The zero-order chi connectivity index (χ0) is 27.6. The summed E-state index contributed by atoms with van der Waals surface area (Å²) in [4.78, 5) is 13.7. The number of methoxy groups -OCH3 is 2. The van der Waals surface area contributed by atoms with Gasteiger partial charge in [-0.1, -0.05) is 17.3 Å². The maximum absolute atomic E-state index is 13.8. The lowest BCUT2D eigenvalue weighted by atomic mass is 10.0. The highest BCUT2D eigenvalue weighted by molar-refractivity contribution is 5.94. The molecule has 10 heteroatoms. The van der Waals surface area contributed by atoms with E-state index in [9.17, 15) is 8.78 Å². The lowest BCUT2D eigenvalue weighted by molar-refractivity contribution is 0.240. The molecule has 204 valence electrons. The number of ether oxygens (including phenoxy) is 2. The minimum atomic E-state index is -0.604. The summed E-state index contributed by atoms with van der Waals surface area (Å²) in [5.74, 6) is 1.11. The molecule has 0 N–H and O–H groups in total. The van der Waals surface area contributed by atoms with E-state index < -0.39 is 11.6 Å². The molecule has 0 aliphatic carbocycles. The quantitative estimate of drug-likeness (QED) is 0.264. The number of halogens is 2. The summed E-state index contributed by atoms with van der Waals surface area (Å²) in [6, 6.07) is 16.7. The van der Waals surface area contributed by atoms with Crippen LogP contribution in [0.5, 0.6) is 11.5 Å². The molecule has 0 unspecified atom stereocenters. The highest BCUT2D eigenvalue weighted by Crippen LogP contribution is 2.32. The molecule has 3 heterocycles. The molecule has 0 spiro atoms.